The first-order valence-electron chi connectivity index (χ1n) is 7.48. The molecule has 0 saturated carbocycles. The van der Waals surface area contributed by atoms with Gasteiger partial charge in [-0.05, 0) is 31.5 Å². The third kappa shape index (κ3) is 4.55. The largest absolute Gasteiger partial charge is 0.477 e. The van der Waals surface area contributed by atoms with Gasteiger partial charge in [-0.2, -0.15) is 0 Å². The molecule has 0 unspecified atom stereocenters. The number of carbonyl (C=O) groups excluding carboxylic acids is 1. The highest BCUT2D eigenvalue weighted by molar-refractivity contribution is 5.93. The number of unbranched alkanes of at least 4 members (excludes halogenated alkanes) is 1. The molecule has 116 valence electrons. The summed E-state index contributed by atoms with van der Waals surface area (Å²) in [5.74, 6) is 0.425. The standard InChI is InChI=1S/C17H21N3O2/c1-3-4-10-22-17-15(6-5-9-18-17)12-20-16(21)14-8-7-13(2)19-11-14/h5-9,11H,3-4,10,12H2,1-2H3,(H,20,21). The van der Waals surface area contributed by atoms with E-state index in [1.807, 2.05) is 25.1 Å². The molecule has 5 heteroatoms. The molecule has 22 heavy (non-hydrogen) atoms. The van der Waals surface area contributed by atoms with Crippen LogP contribution in [0.1, 0.15) is 41.4 Å². The average Bonchev–Trinajstić information content (AvgIpc) is 2.54. The summed E-state index contributed by atoms with van der Waals surface area (Å²) in [6.45, 7) is 5.01. The smallest absolute Gasteiger partial charge is 0.253 e. The van der Waals surface area contributed by atoms with E-state index < -0.39 is 0 Å². The van der Waals surface area contributed by atoms with Crippen molar-refractivity contribution in [3.05, 3.63) is 53.5 Å². The Labute approximate surface area is 130 Å². The number of amides is 1. The van der Waals surface area contributed by atoms with E-state index in [4.69, 9.17) is 4.74 Å². The highest BCUT2D eigenvalue weighted by atomic mass is 16.5. The molecule has 1 N–H and O–H groups in total. The second-order valence-electron chi connectivity index (χ2n) is 5.04. The second kappa shape index (κ2) is 8.12. The Morgan fingerprint density at radius 2 is 2.14 bits per heavy atom. The molecule has 1 amide bonds. The van der Waals surface area contributed by atoms with E-state index in [9.17, 15) is 4.79 Å². The fourth-order valence-corrected chi connectivity index (χ4v) is 1.88. The number of ether oxygens (including phenoxy) is 1. The molecule has 2 aromatic heterocycles. The lowest BCUT2D eigenvalue weighted by Gasteiger charge is -2.10. The fourth-order valence-electron chi connectivity index (χ4n) is 1.88. The topological polar surface area (TPSA) is 64.1 Å². The molecule has 2 heterocycles. The number of rotatable bonds is 7. The minimum atomic E-state index is -0.157. The van der Waals surface area contributed by atoms with Crippen LogP contribution in [0.5, 0.6) is 5.88 Å². The molecular formula is C17H21N3O2. The number of nitrogens with one attached hydrogen (secondary N) is 1. The lowest BCUT2D eigenvalue weighted by atomic mass is 10.2. The Kier molecular flexibility index (Phi) is 5.89. The SMILES string of the molecule is CCCCOc1ncccc1CNC(=O)c1ccc(C)nc1. The van der Waals surface area contributed by atoms with Crippen LogP contribution in [0.25, 0.3) is 0 Å². The zero-order valence-electron chi connectivity index (χ0n) is 13.0. The molecule has 0 aliphatic rings. The summed E-state index contributed by atoms with van der Waals surface area (Å²) < 4.78 is 5.66. The van der Waals surface area contributed by atoms with Crippen molar-refractivity contribution in [1.29, 1.82) is 0 Å². The van der Waals surface area contributed by atoms with E-state index >= 15 is 0 Å². The predicted octanol–water partition coefficient (Wildman–Crippen LogP) is 2.89. The van der Waals surface area contributed by atoms with Crippen molar-refractivity contribution in [2.24, 2.45) is 0 Å². The normalized spacial score (nSPS) is 10.3. The third-order valence-electron chi connectivity index (χ3n) is 3.20. The Balaban J connectivity index is 1.96. The zero-order valence-corrected chi connectivity index (χ0v) is 13.0. The van der Waals surface area contributed by atoms with E-state index in [0.29, 0.717) is 24.6 Å². The first-order valence-corrected chi connectivity index (χ1v) is 7.48. The summed E-state index contributed by atoms with van der Waals surface area (Å²) in [6, 6.07) is 7.32. The molecule has 0 saturated heterocycles. The predicted molar refractivity (Wildman–Crippen MR) is 84.8 cm³/mol. The fraction of sp³-hybridized carbons (Fsp3) is 0.353. The summed E-state index contributed by atoms with van der Waals surface area (Å²) in [5, 5.41) is 2.87. The molecule has 0 aromatic carbocycles. The van der Waals surface area contributed by atoms with Gasteiger partial charge in [0.1, 0.15) is 0 Å². The number of hydrogen-bond donors (Lipinski definition) is 1. The molecule has 0 radical (unpaired) electrons. The summed E-state index contributed by atoms with van der Waals surface area (Å²) in [5.41, 5.74) is 2.30. The third-order valence-corrected chi connectivity index (χ3v) is 3.20. The van der Waals surface area contributed by atoms with Gasteiger partial charge in [0.05, 0.1) is 12.2 Å². The van der Waals surface area contributed by atoms with Crippen LogP contribution < -0.4 is 10.1 Å². The number of aryl methyl sites for hydroxylation is 1. The number of pyridine rings is 2. The summed E-state index contributed by atoms with van der Waals surface area (Å²) in [4.78, 5) is 20.4. The second-order valence-corrected chi connectivity index (χ2v) is 5.04. The number of carbonyl (C=O) groups is 1. The van der Waals surface area contributed by atoms with E-state index in [0.717, 1.165) is 24.1 Å². The van der Waals surface area contributed by atoms with Crippen LogP contribution >= 0.6 is 0 Å². The van der Waals surface area contributed by atoms with Gasteiger partial charge in [-0.15, -0.1) is 0 Å². The summed E-state index contributed by atoms with van der Waals surface area (Å²) in [7, 11) is 0. The molecule has 0 atom stereocenters. The number of aromatic nitrogens is 2. The van der Waals surface area contributed by atoms with Gasteiger partial charge >= 0.3 is 0 Å². The van der Waals surface area contributed by atoms with Gasteiger partial charge in [-0.1, -0.05) is 19.4 Å². The van der Waals surface area contributed by atoms with Gasteiger partial charge < -0.3 is 10.1 Å². The minimum Gasteiger partial charge on any atom is -0.477 e. The van der Waals surface area contributed by atoms with E-state index in [2.05, 4.69) is 22.2 Å². The lowest BCUT2D eigenvalue weighted by Crippen LogP contribution is -2.23. The van der Waals surface area contributed by atoms with Crippen LogP contribution in [0, 0.1) is 6.92 Å². The minimum absolute atomic E-state index is 0.157. The van der Waals surface area contributed by atoms with Gasteiger partial charge in [0.25, 0.3) is 5.91 Å². The Morgan fingerprint density at radius 1 is 1.27 bits per heavy atom. The van der Waals surface area contributed by atoms with Gasteiger partial charge in [0.2, 0.25) is 5.88 Å². The van der Waals surface area contributed by atoms with E-state index in [-0.39, 0.29) is 5.91 Å². The first kappa shape index (κ1) is 15.9. The lowest BCUT2D eigenvalue weighted by molar-refractivity contribution is 0.0950. The maximum Gasteiger partial charge on any atom is 0.253 e. The molecular weight excluding hydrogens is 278 g/mol. The van der Waals surface area contributed by atoms with Crippen molar-refractivity contribution in [2.75, 3.05) is 6.61 Å². The highest BCUT2D eigenvalue weighted by Crippen LogP contribution is 2.14. The van der Waals surface area contributed by atoms with Gasteiger partial charge in [0.15, 0.2) is 0 Å². The molecule has 0 fully saturated rings. The Morgan fingerprint density at radius 3 is 2.86 bits per heavy atom. The van der Waals surface area contributed by atoms with Crippen LogP contribution in [-0.4, -0.2) is 22.5 Å². The molecule has 0 spiro atoms. The average molecular weight is 299 g/mol. The van der Waals surface area contributed by atoms with Crippen molar-refractivity contribution in [1.82, 2.24) is 15.3 Å². The summed E-state index contributed by atoms with van der Waals surface area (Å²) in [6.07, 6.45) is 5.32. The van der Waals surface area contributed by atoms with Crippen LogP contribution in [0.4, 0.5) is 0 Å². The van der Waals surface area contributed by atoms with Gasteiger partial charge in [-0.25, -0.2) is 4.98 Å². The number of hydrogen-bond acceptors (Lipinski definition) is 4. The molecule has 2 aromatic rings. The van der Waals surface area contributed by atoms with Crippen molar-refractivity contribution in [2.45, 2.75) is 33.2 Å². The molecule has 2 rings (SSSR count). The number of nitrogens with zero attached hydrogens (tertiary/aromatic N) is 2. The van der Waals surface area contributed by atoms with Gasteiger partial charge in [0, 0.05) is 30.2 Å². The van der Waals surface area contributed by atoms with Crippen LogP contribution in [0.15, 0.2) is 36.7 Å². The monoisotopic (exact) mass is 299 g/mol. The molecule has 0 aliphatic heterocycles. The molecule has 0 aliphatic carbocycles. The highest BCUT2D eigenvalue weighted by Gasteiger charge is 2.09. The first-order chi connectivity index (χ1) is 10.7. The van der Waals surface area contributed by atoms with E-state index in [1.54, 1.807) is 18.5 Å². The van der Waals surface area contributed by atoms with Gasteiger partial charge in [-0.3, -0.25) is 9.78 Å². The van der Waals surface area contributed by atoms with Crippen LogP contribution in [0.3, 0.4) is 0 Å². The Bertz CT molecular complexity index is 612. The maximum absolute atomic E-state index is 12.1. The van der Waals surface area contributed by atoms with Crippen LogP contribution in [-0.2, 0) is 6.54 Å². The van der Waals surface area contributed by atoms with Crippen molar-refractivity contribution >= 4 is 5.91 Å². The van der Waals surface area contributed by atoms with Crippen molar-refractivity contribution in [3.63, 3.8) is 0 Å². The quantitative estimate of drug-likeness (QED) is 0.798. The van der Waals surface area contributed by atoms with Crippen molar-refractivity contribution < 1.29 is 9.53 Å². The molecule has 5 nitrogen and oxygen atoms in total. The maximum atomic E-state index is 12.1. The van der Waals surface area contributed by atoms with Crippen LogP contribution in [0.2, 0.25) is 0 Å². The summed E-state index contributed by atoms with van der Waals surface area (Å²) >= 11 is 0. The zero-order chi connectivity index (χ0) is 15.8. The van der Waals surface area contributed by atoms with Crippen molar-refractivity contribution in [3.8, 4) is 5.88 Å². The van der Waals surface area contributed by atoms with E-state index in [1.165, 1.54) is 0 Å². The Hall–Kier alpha value is -2.43. The molecule has 0 bridgehead atoms.